The van der Waals surface area contributed by atoms with E-state index in [4.69, 9.17) is 4.74 Å². The number of carbonyl (C=O) groups is 1. The molecule has 2 aromatic heterocycles. The number of aromatic nitrogens is 2. The molecule has 1 N–H and O–H groups in total. The van der Waals surface area contributed by atoms with Gasteiger partial charge in [-0.25, -0.2) is 9.78 Å². The number of likely N-dealkylation sites (tertiary alicyclic amines) is 1. The van der Waals surface area contributed by atoms with E-state index in [0.29, 0.717) is 19.7 Å². The zero-order chi connectivity index (χ0) is 18.2. The molecular weight excluding hydrogens is 348 g/mol. The molecule has 2 amide bonds. The van der Waals surface area contributed by atoms with Gasteiger partial charge in [-0.15, -0.1) is 11.3 Å². The summed E-state index contributed by atoms with van der Waals surface area (Å²) in [7, 11) is 0. The minimum atomic E-state index is -0.0406. The number of hydrogen-bond donors (Lipinski definition) is 1. The van der Waals surface area contributed by atoms with Crippen molar-refractivity contribution in [2.75, 3.05) is 13.1 Å². The van der Waals surface area contributed by atoms with Crippen LogP contribution in [0.2, 0.25) is 0 Å². The predicted octanol–water partition coefficient (Wildman–Crippen LogP) is 3.38. The van der Waals surface area contributed by atoms with E-state index in [2.05, 4.69) is 22.2 Å². The molecule has 7 heteroatoms. The zero-order valence-electron chi connectivity index (χ0n) is 15.2. The molecule has 2 aromatic rings. The quantitative estimate of drug-likeness (QED) is 0.807. The lowest BCUT2D eigenvalue weighted by Gasteiger charge is -2.32. The van der Waals surface area contributed by atoms with Crippen molar-refractivity contribution >= 4 is 17.4 Å². The zero-order valence-corrected chi connectivity index (χ0v) is 16.0. The molecule has 0 bridgehead atoms. The molecule has 0 unspecified atom stereocenters. The highest BCUT2D eigenvalue weighted by Crippen LogP contribution is 2.15. The third-order valence-corrected chi connectivity index (χ3v) is 5.30. The second kappa shape index (κ2) is 9.64. The largest absolute Gasteiger partial charge is 0.370 e. The number of hydrogen-bond acceptors (Lipinski definition) is 5. The predicted molar refractivity (Wildman–Crippen MR) is 102 cm³/mol. The maximum Gasteiger partial charge on any atom is 0.317 e. The summed E-state index contributed by atoms with van der Waals surface area (Å²) in [4.78, 5) is 23.1. The van der Waals surface area contributed by atoms with E-state index in [1.165, 1.54) is 0 Å². The van der Waals surface area contributed by atoms with Crippen LogP contribution < -0.4 is 5.32 Å². The molecule has 1 aliphatic rings. The fourth-order valence-electron chi connectivity index (χ4n) is 2.98. The maximum atomic E-state index is 12.4. The number of ether oxygens (including phenoxy) is 1. The third kappa shape index (κ3) is 5.51. The van der Waals surface area contributed by atoms with Crippen molar-refractivity contribution in [1.29, 1.82) is 0 Å². The summed E-state index contributed by atoms with van der Waals surface area (Å²) in [6.07, 6.45) is 5.85. The lowest BCUT2D eigenvalue weighted by Crippen LogP contribution is -2.47. The average Bonchev–Trinajstić information content (AvgIpc) is 3.13. The van der Waals surface area contributed by atoms with Gasteiger partial charge >= 0.3 is 6.03 Å². The number of aryl methyl sites for hydroxylation is 1. The molecule has 26 heavy (non-hydrogen) atoms. The molecule has 140 valence electrons. The minimum absolute atomic E-state index is 0.0406. The van der Waals surface area contributed by atoms with E-state index in [1.807, 2.05) is 28.5 Å². The van der Waals surface area contributed by atoms with Crippen molar-refractivity contribution in [2.24, 2.45) is 0 Å². The summed E-state index contributed by atoms with van der Waals surface area (Å²) >= 11 is 1.66. The van der Waals surface area contributed by atoms with Crippen molar-refractivity contribution in [1.82, 2.24) is 20.2 Å². The van der Waals surface area contributed by atoms with Gasteiger partial charge in [0.2, 0.25) is 0 Å². The Kier molecular flexibility index (Phi) is 6.96. The Bertz CT molecular complexity index is 692. The number of amides is 2. The molecular formula is C19H26N4O2S. The summed E-state index contributed by atoms with van der Waals surface area (Å²) in [5.74, 6) is 0. The first kappa shape index (κ1) is 18.8. The van der Waals surface area contributed by atoms with Gasteiger partial charge in [-0.05, 0) is 37.8 Å². The number of urea groups is 1. The van der Waals surface area contributed by atoms with Gasteiger partial charge in [0.15, 0.2) is 0 Å². The van der Waals surface area contributed by atoms with Crippen LogP contribution in [0, 0.1) is 0 Å². The Morgan fingerprint density at radius 2 is 2.35 bits per heavy atom. The Morgan fingerprint density at radius 1 is 1.42 bits per heavy atom. The number of rotatable bonds is 7. The van der Waals surface area contributed by atoms with Crippen molar-refractivity contribution in [3.63, 3.8) is 0 Å². The summed E-state index contributed by atoms with van der Waals surface area (Å²) in [6.45, 7) is 4.50. The van der Waals surface area contributed by atoms with Crippen LogP contribution in [0.5, 0.6) is 0 Å². The molecule has 6 nitrogen and oxygen atoms in total. The average molecular weight is 375 g/mol. The Morgan fingerprint density at radius 3 is 3.15 bits per heavy atom. The van der Waals surface area contributed by atoms with E-state index >= 15 is 0 Å². The number of nitrogens with one attached hydrogen (secondary N) is 1. The van der Waals surface area contributed by atoms with Gasteiger partial charge in [-0.1, -0.05) is 13.0 Å². The fourth-order valence-corrected chi connectivity index (χ4v) is 3.88. The van der Waals surface area contributed by atoms with Gasteiger partial charge in [0, 0.05) is 24.7 Å². The van der Waals surface area contributed by atoms with Gasteiger partial charge < -0.3 is 15.0 Å². The number of nitrogens with zero attached hydrogens (tertiary/aromatic N) is 3. The van der Waals surface area contributed by atoms with Crippen LogP contribution in [-0.2, 0) is 24.3 Å². The summed E-state index contributed by atoms with van der Waals surface area (Å²) in [6, 6.07) is 5.76. The number of carbonyl (C=O) groups excluding carboxylic acids is 1. The van der Waals surface area contributed by atoms with Crippen LogP contribution in [0.25, 0.3) is 0 Å². The SMILES string of the molecule is CCCc1nc(CNC(=O)N2CCC[C@@H](OCc3ccccn3)C2)cs1. The highest BCUT2D eigenvalue weighted by molar-refractivity contribution is 7.09. The highest BCUT2D eigenvalue weighted by Gasteiger charge is 2.24. The second-order valence-corrected chi connectivity index (χ2v) is 7.43. The molecule has 0 radical (unpaired) electrons. The number of thiazole rings is 1. The van der Waals surface area contributed by atoms with Crippen molar-refractivity contribution < 1.29 is 9.53 Å². The molecule has 1 fully saturated rings. The van der Waals surface area contributed by atoms with Crippen LogP contribution in [0.3, 0.4) is 0 Å². The van der Waals surface area contributed by atoms with Crippen molar-refractivity contribution in [3.05, 3.63) is 46.2 Å². The van der Waals surface area contributed by atoms with E-state index < -0.39 is 0 Å². The first-order valence-corrected chi connectivity index (χ1v) is 10.1. The second-order valence-electron chi connectivity index (χ2n) is 6.48. The molecule has 1 aliphatic heterocycles. The molecule has 0 spiro atoms. The van der Waals surface area contributed by atoms with Gasteiger partial charge in [-0.2, -0.15) is 0 Å². The third-order valence-electron chi connectivity index (χ3n) is 4.34. The van der Waals surface area contributed by atoms with Gasteiger partial charge in [0.05, 0.1) is 35.7 Å². The van der Waals surface area contributed by atoms with Crippen LogP contribution in [0.4, 0.5) is 4.79 Å². The van der Waals surface area contributed by atoms with E-state index in [9.17, 15) is 4.79 Å². The van der Waals surface area contributed by atoms with Gasteiger partial charge in [-0.3, -0.25) is 4.98 Å². The van der Waals surface area contributed by atoms with Crippen LogP contribution in [0.1, 0.15) is 42.6 Å². The standard InChI is InChI=1S/C19H26N4O2S/c1-2-6-18-22-16(14-26-18)11-21-19(24)23-10-5-8-17(12-23)25-13-15-7-3-4-9-20-15/h3-4,7,9,14,17H,2,5-6,8,10-13H2,1H3,(H,21,24)/t17-/m1/s1. The summed E-state index contributed by atoms with van der Waals surface area (Å²) < 4.78 is 5.95. The molecule has 3 rings (SSSR count). The Hall–Kier alpha value is -1.99. The maximum absolute atomic E-state index is 12.4. The Labute approximate surface area is 158 Å². The number of piperidine rings is 1. The molecule has 0 aromatic carbocycles. The molecule has 1 saturated heterocycles. The van der Waals surface area contributed by atoms with Gasteiger partial charge in [0.25, 0.3) is 0 Å². The smallest absolute Gasteiger partial charge is 0.317 e. The van der Waals surface area contributed by atoms with Crippen LogP contribution >= 0.6 is 11.3 Å². The molecule has 0 aliphatic carbocycles. The lowest BCUT2D eigenvalue weighted by molar-refractivity contribution is -0.00168. The van der Waals surface area contributed by atoms with E-state index in [0.717, 1.165) is 48.6 Å². The van der Waals surface area contributed by atoms with E-state index in [-0.39, 0.29) is 12.1 Å². The van der Waals surface area contributed by atoms with Crippen molar-refractivity contribution in [3.8, 4) is 0 Å². The van der Waals surface area contributed by atoms with E-state index in [1.54, 1.807) is 17.5 Å². The first-order valence-electron chi connectivity index (χ1n) is 9.22. The summed E-state index contributed by atoms with van der Waals surface area (Å²) in [5, 5.41) is 6.15. The first-order chi connectivity index (χ1) is 12.7. The lowest BCUT2D eigenvalue weighted by atomic mass is 10.1. The number of pyridine rings is 1. The van der Waals surface area contributed by atoms with Crippen LogP contribution in [-0.4, -0.2) is 40.1 Å². The molecule has 3 heterocycles. The molecule has 1 atom stereocenters. The summed E-state index contributed by atoms with van der Waals surface area (Å²) in [5.41, 5.74) is 1.85. The topological polar surface area (TPSA) is 67.4 Å². The minimum Gasteiger partial charge on any atom is -0.370 e. The van der Waals surface area contributed by atoms with Gasteiger partial charge in [0.1, 0.15) is 0 Å². The Balaban J connectivity index is 1.43. The molecule has 0 saturated carbocycles. The van der Waals surface area contributed by atoms with Crippen LogP contribution in [0.15, 0.2) is 29.8 Å². The fraction of sp³-hybridized carbons (Fsp3) is 0.526. The normalized spacial score (nSPS) is 17.3. The highest BCUT2D eigenvalue weighted by atomic mass is 32.1. The van der Waals surface area contributed by atoms with Crippen molar-refractivity contribution in [2.45, 2.75) is 51.9 Å². The monoisotopic (exact) mass is 374 g/mol.